The highest BCUT2D eigenvalue weighted by Crippen LogP contribution is 2.39. The molecule has 40 heavy (non-hydrogen) atoms. The Labute approximate surface area is 232 Å². The molecule has 1 amide bonds. The van der Waals surface area contributed by atoms with E-state index in [0.717, 1.165) is 22.9 Å². The summed E-state index contributed by atoms with van der Waals surface area (Å²) < 4.78 is 40.3. The molecule has 5 nitrogen and oxygen atoms in total. The van der Waals surface area contributed by atoms with Crippen LogP contribution in [0.15, 0.2) is 109 Å². The molecule has 2 fully saturated rings. The summed E-state index contributed by atoms with van der Waals surface area (Å²) in [6.07, 6.45) is -0.401. The highest BCUT2D eigenvalue weighted by Gasteiger charge is 2.49. The lowest BCUT2D eigenvalue weighted by atomic mass is 9.92. The standard InChI is InChI=1S/C33H30F2N2O3/c34-25-16-22(17-26(35)19-25)18-29-32(40-33(38)36-29)30-20-28(39-27-14-8-3-9-15-27)21-37(30)31(23-10-4-1-5-11-23)24-12-6-2-7-13-24/h1-17,19,28-32H,18,20-21H2,(H,36,38)/t28-,29-,30+,32-/m0/s1. The SMILES string of the molecule is O=C1N[C@@H](Cc2cc(F)cc(F)c2)[C@@H]([C@H]2C[C@H](Oc3ccccc3)CN2C(c2ccccc2)c2ccccc2)O1. The number of cyclic esters (lactones) is 1. The third-order valence-corrected chi connectivity index (χ3v) is 7.65. The van der Waals surface area contributed by atoms with Crippen LogP contribution in [-0.2, 0) is 11.2 Å². The van der Waals surface area contributed by atoms with Crippen LogP contribution in [0.25, 0.3) is 0 Å². The minimum absolute atomic E-state index is 0.122. The summed E-state index contributed by atoms with van der Waals surface area (Å²) in [5.41, 5.74) is 2.68. The van der Waals surface area contributed by atoms with Gasteiger partial charge in [0.1, 0.15) is 29.6 Å². The van der Waals surface area contributed by atoms with Crippen LogP contribution >= 0.6 is 0 Å². The van der Waals surface area contributed by atoms with Gasteiger partial charge in [-0.2, -0.15) is 0 Å². The molecule has 0 saturated carbocycles. The van der Waals surface area contributed by atoms with Crippen LogP contribution in [0.5, 0.6) is 5.75 Å². The molecular formula is C33H30F2N2O3. The summed E-state index contributed by atoms with van der Waals surface area (Å²) >= 11 is 0. The van der Waals surface area contributed by atoms with Crippen molar-refractivity contribution >= 4 is 6.09 Å². The molecule has 0 bridgehead atoms. The van der Waals surface area contributed by atoms with Crippen LogP contribution in [0.4, 0.5) is 13.6 Å². The molecule has 0 aliphatic carbocycles. The topological polar surface area (TPSA) is 50.8 Å². The molecule has 4 aromatic carbocycles. The number of carbonyl (C=O) groups excluding carboxylic acids is 1. The minimum atomic E-state index is -0.649. The van der Waals surface area contributed by atoms with E-state index in [1.807, 2.05) is 66.7 Å². The zero-order chi connectivity index (χ0) is 27.5. The Morgan fingerprint density at radius 1 is 0.850 bits per heavy atom. The number of ether oxygens (including phenoxy) is 2. The van der Waals surface area contributed by atoms with Gasteiger partial charge in [0.05, 0.1) is 18.1 Å². The van der Waals surface area contributed by atoms with Crippen molar-refractivity contribution in [3.8, 4) is 5.75 Å². The smallest absolute Gasteiger partial charge is 0.407 e. The molecule has 204 valence electrons. The van der Waals surface area contributed by atoms with E-state index in [-0.39, 0.29) is 24.6 Å². The van der Waals surface area contributed by atoms with Gasteiger partial charge in [-0.3, -0.25) is 4.90 Å². The Balaban J connectivity index is 1.37. The second-order valence-electron chi connectivity index (χ2n) is 10.4. The first-order valence-corrected chi connectivity index (χ1v) is 13.5. The van der Waals surface area contributed by atoms with Crippen LogP contribution in [0.3, 0.4) is 0 Å². The lowest BCUT2D eigenvalue weighted by Gasteiger charge is -2.36. The summed E-state index contributed by atoms with van der Waals surface area (Å²) in [4.78, 5) is 15.0. The molecule has 2 heterocycles. The lowest BCUT2D eigenvalue weighted by molar-refractivity contribution is 0.0530. The number of para-hydroxylation sites is 1. The van der Waals surface area contributed by atoms with Gasteiger partial charge in [0.25, 0.3) is 0 Å². The van der Waals surface area contributed by atoms with E-state index in [9.17, 15) is 13.6 Å². The minimum Gasteiger partial charge on any atom is -0.489 e. The molecule has 0 spiro atoms. The fraction of sp³-hybridized carbons (Fsp3) is 0.242. The van der Waals surface area contributed by atoms with Gasteiger partial charge < -0.3 is 14.8 Å². The Morgan fingerprint density at radius 2 is 1.43 bits per heavy atom. The number of hydrogen-bond donors (Lipinski definition) is 1. The number of amides is 1. The second kappa shape index (κ2) is 11.5. The van der Waals surface area contributed by atoms with E-state index < -0.39 is 29.9 Å². The number of likely N-dealkylation sites (tertiary alicyclic amines) is 1. The van der Waals surface area contributed by atoms with Crippen LogP contribution in [-0.4, -0.2) is 41.8 Å². The normalized spacial score (nSPS) is 22.7. The van der Waals surface area contributed by atoms with Crippen molar-refractivity contribution in [2.24, 2.45) is 0 Å². The monoisotopic (exact) mass is 540 g/mol. The average Bonchev–Trinajstić information content (AvgIpc) is 3.52. The van der Waals surface area contributed by atoms with Gasteiger partial charge in [0, 0.05) is 19.0 Å². The summed E-state index contributed by atoms with van der Waals surface area (Å²) in [6, 6.07) is 32.8. The van der Waals surface area contributed by atoms with Gasteiger partial charge in [0.2, 0.25) is 0 Å². The Morgan fingerprint density at radius 3 is 2.02 bits per heavy atom. The van der Waals surface area contributed by atoms with Crippen LogP contribution in [0.2, 0.25) is 0 Å². The first-order chi connectivity index (χ1) is 19.5. The number of nitrogens with zero attached hydrogens (tertiary/aromatic N) is 1. The number of benzene rings is 4. The second-order valence-corrected chi connectivity index (χ2v) is 10.4. The Hall–Kier alpha value is -4.23. The predicted molar refractivity (Wildman–Crippen MR) is 148 cm³/mol. The summed E-state index contributed by atoms with van der Waals surface area (Å²) in [6.45, 7) is 0.601. The molecule has 1 N–H and O–H groups in total. The van der Waals surface area contributed by atoms with Gasteiger partial charge >= 0.3 is 6.09 Å². The van der Waals surface area contributed by atoms with Gasteiger partial charge in [-0.05, 0) is 47.4 Å². The molecule has 0 unspecified atom stereocenters. The number of alkyl carbamates (subject to hydrolysis) is 1. The van der Waals surface area contributed by atoms with E-state index in [0.29, 0.717) is 18.5 Å². The van der Waals surface area contributed by atoms with E-state index >= 15 is 0 Å². The molecule has 6 rings (SSSR count). The first-order valence-electron chi connectivity index (χ1n) is 13.5. The van der Waals surface area contributed by atoms with Gasteiger partial charge in [-0.25, -0.2) is 13.6 Å². The zero-order valence-corrected chi connectivity index (χ0v) is 21.8. The Kier molecular flexibility index (Phi) is 7.47. The predicted octanol–water partition coefficient (Wildman–Crippen LogP) is 6.30. The summed E-state index contributed by atoms with van der Waals surface area (Å²) in [5, 5.41) is 2.90. The van der Waals surface area contributed by atoms with E-state index in [2.05, 4.69) is 34.5 Å². The van der Waals surface area contributed by atoms with Gasteiger partial charge in [-0.15, -0.1) is 0 Å². The van der Waals surface area contributed by atoms with Crippen molar-refractivity contribution in [2.75, 3.05) is 6.54 Å². The maximum absolute atomic E-state index is 14.0. The highest BCUT2D eigenvalue weighted by molar-refractivity contribution is 5.70. The molecule has 0 radical (unpaired) electrons. The van der Waals surface area contributed by atoms with Crippen LogP contribution in [0.1, 0.15) is 29.2 Å². The maximum Gasteiger partial charge on any atom is 0.407 e. The molecule has 7 heteroatoms. The quantitative estimate of drug-likeness (QED) is 0.285. The van der Waals surface area contributed by atoms with Crippen molar-refractivity contribution in [2.45, 2.75) is 43.2 Å². The maximum atomic E-state index is 14.0. The molecule has 4 aromatic rings. The Bertz CT molecular complexity index is 1380. The van der Waals surface area contributed by atoms with Crippen LogP contribution in [0, 0.1) is 11.6 Å². The summed E-state index contributed by atoms with van der Waals surface area (Å²) in [5.74, 6) is -0.523. The van der Waals surface area contributed by atoms with Gasteiger partial charge in [0.15, 0.2) is 0 Å². The van der Waals surface area contributed by atoms with E-state index in [4.69, 9.17) is 9.47 Å². The number of halogens is 2. The summed E-state index contributed by atoms with van der Waals surface area (Å²) in [7, 11) is 0. The van der Waals surface area contributed by atoms with Crippen molar-refractivity contribution in [1.29, 1.82) is 0 Å². The number of nitrogens with one attached hydrogen (secondary N) is 1. The van der Waals surface area contributed by atoms with Crippen molar-refractivity contribution in [3.05, 3.63) is 138 Å². The first kappa shape index (κ1) is 26.0. The number of carbonyl (C=O) groups is 1. The van der Waals surface area contributed by atoms with Crippen molar-refractivity contribution in [1.82, 2.24) is 10.2 Å². The molecule has 4 atom stereocenters. The fourth-order valence-corrected chi connectivity index (χ4v) is 6.06. The van der Waals surface area contributed by atoms with E-state index in [1.165, 1.54) is 12.1 Å². The number of hydrogen-bond acceptors (Lipinski definition) is 4. The molecule has 2 aliphatic rings. The number of rotatable bonds is 8. The van der Waals surface area contributed by atoms with Crippen LogP contribution < -0.4 is 10.1 Å². The van der Waals surface area contributed by atoms with E-state index in [1.54, 1.807) is 0 Å². The zero-order valence-electron chi connectivity index (χ0n) is 21.8. The molecular weight excluding hydrogens is 510 g/mol. The highest BCUT2D eigenvalue weighted by atomic mass is 19.1. The van der Waals surface area contributed by atoms with Crippen molar-refractivity contribution in [3.63, 3.8) is 0 Å². The van der Waals surface area contributed by atoms with Gasteiger partial charge in [-0.1, -0.05) is 78.9 Å². The lowest BCUT2D eigenvalue weighted by Crippen LogP contribution is -2.48. The third-order valence-electron chi connectivity index (χ3n) is 7.65. The molecule has 2 aliphatic heterocycles. The fourth-order valence-electron chi connectivity index (χ4n) is 6.06. The average molecular weight is 541 g/mol. The van der Waals surface area contributed by atoms with Crippen molar-refractivity contribution < 1.29 is 23.0 Å². The largest absolute Gasteiger partial charge is 0.489 e. The molecule has 2 saturated heterocycles. The third kappa shape index (κ3) is 5.70. The molecule has 0 aromatic heterocycles.